The number of fused-ring (bicyclic) bond motifs is 1. The molecule has 1 aromatic carbocycles. The summed E-state index contributed by atoms with van der Waals surface area (Å²) < 4.78 is 5.77. The molecule has 0 radical (unpaired) electrons. The number of hydrogen-bond donors (Lipinski definition) is 0. The molecule has 0 saturated carbocycles. The Bertz CT molecular complexity index is 612. The predicted octanol–water partition coefficient (Wildman–Crippen LogP) is 5.20. The van der Waals surface area contributed by atoms with Gasteiger partial charge in [-0.05, 0) is 47.4 Å². The smallest absolute Gasteiger partial charge is 0.141 e. The maximum absolute atomic E-state index is 11.0. The van der Waals surface area contributed by atoms with Gasteiger partial charge in [0.15, 0.2) is 0 Å². The van der Waals surface area contributed by atoms with Crippen molar-refractivity contribution in [1.29, 1.82) is 0 Å². The Labute approximate surface area is 138 Å². The summed E-state index contributed by atoms with van der Waals surface area (Å²) in [6, 6.07) is 2.10. The van der Waals surface area contributed by atoms with Crippen LogP contribution >= 0.6 is 11.6 Å². The minimum absolute atomic E-state index is 0.0314. The van der Waals surface area contributed by atoms with Gasteiger partial charge in [0.1, 0.15) is 12.0 Å². The van der Waals surface area contributed by atoms with E-state index >= 15 is 0 Å². The van der Waals surface area contributed by atoms with E-state index in [0.717, 1.165) is 23.8 Å². The standard InChI is InChI=1S/C19H25ClO2/c1-6-22-18-13(8-10-21)11-15-14(12(2)3)7-9-19(4,5)16(15)17(18)20/h7,10-12H,6,8-9H2,1-5H3. The lowest BCUT2D eigenvalue weighted by Crippen LogP contribution is -2.24. The van der Waals surface area contributed by atoms with E-state index in [1.54, 1.807) is 0 Å². The van der Waals surface area contributed by atoms with E-state index in [9.17, 15) is 4.79 Å². The Morgan fingerprint density at radius 2 is 2.09 bits per heavy atom. The Morgan fingerprint density at radius 1 is 1.41 bits per heavy atom. The van der Waals surface area contributed by atoms with Gasteiger partial charge in [-0.3, -0.25) is 0 Å². The highest BCUT2D eigenvalue weighted by molar-refractivity contribution is 6.33. The van der Waals surface area contributed by atoms with Gasteiger partial charge in [0, 0.05) is 12.0 Å². The minimum atomic E-state index is -0.0314. The van der Waals surface area contributed by atoms with Gasteiger partial charge in [0.05, 0.1) is 11.6 Å². The number of ether oxygens (including phenoxy) is 1. The molecular formula is C19H25ClO2. The highest BCUT2D eigenvalue weighted by Crippen LogP contribution is 2.48. The highest BCUT2D eigenvalue weighted by atomic mass is 35.5. The van der Waals surface area contributed by atoms with Crippen LogP contribution in [0, 0.1) is 5.92 Å². The highest BCUT2D eigenvalue weighted by Gasteiger charge is 2.33. The molecule has 1 aliphatic rings. The van der Waals surface area contributed by atoms with Gasteiger partial charge in [-0.25, -0.2) is 0 Å². The summed E-state index contributed by atoms with van der Waals surface area (Å²) in [4.78, 5) is 11.0. The van der Waals surface area contributed by atoms with Crippen LogP contribution in [-0.4, -0.2) is 12.9 Å². The van der Waals surface area contributed by atoms with Crippen LogP contribution < -0.4 is 4.74 Å². The maximum atomic E-state index is 11.0. The van der Waals surface area contributed by atoms with Crippen LogP contribution in [0.2, 0.25) is 5.02 Å². The predicted molar refractivity (Wildman–Crippen MR) is 92.8 cm³/mol. The van der Waals surface area contributed by atoms with Crippen LogP contribution in [0.25, 0.3) is 5.57 Å². The van der Waals surface area contributed by atoms with Crippen LogP contribution in [0.4, 0.5) is 0 Å². The molecule has 120 valence electrons. The van der Waals surface area contributed by atoms with Crippen LogP contribution in [0.15, 0.2) is 12.1 Å². The first-order valence-corrected chi connectivity index (χ1v) is 8.34. The molecule has 0 aliphatic heterocycles. The van der Waals surface area contributed by atoms with Crippen molar-refractivity contribution in [2.45, 2.75) is 52.9 Å². The van der Waals surface area contributed by atoms with E-state index < -0.39 is 0 Å². The molecule has 0 amide bonds. The number of hydrogen-bond acceptors (Lipinski definition) is 2. The van der Waals surface area contributed by atoms with E-state index in [-0.39, 0.29) is 5.41 Å². The van der Waals surface area contributed by atoms with Gasteiger partial charge in [-0.15, -0.1) is 0 Å². The van der Waals surface area contributed by atoms with Crippen molar-refractivity contribution in [3.05, 3.63) is 33.9 Å². The second kappa shape index (κ2) is 6.45. The van der Waals surface area contributed by atoms with Crippen molar-refractivity contribution in [2.24, 2.45) is 5.92 Å². The monoisotopic (exact) mass is 320 g/mol. The summed E-state index contributed by atoms with van der Waals surface area (Å²) in [6.07, 6.45) is 4.52. The Hall–Kier alpha value is -1.28. The quantitative estimate of drug-likeness (QED) is 0.697. The number of carbonyl (C=O) groups is 1. The molecule has 0 spiro atoms. The summed E-state index contributed by atoms with van der Waals surface area (Å²) in [5, 5.41) is 0.674. The molecule has 22 heavy (non-hydrogen) atoms. The van der Waals surface area contributed by atoms with Crippen LogP contribution in [-0.2, 0) is 16.6 Å². The zero-order chi connectivity index (χ0) is 16.5. The van der Waals surface area contributed by atoms with Gasteiger partial charge in [-0.1, -0.05) is 45.4 Å². The third-order valence-electron chi connectivity index (χ3n) is 4.33. The largest absolute Gasteiger partial charge is 0.492 e. The van der Waals surface area contributed by atoms with Crippen molar-refractivity contribution < 1.29 is 9.53 Å². The first kappa shape index (κ1) is 17.1. The Morgan fingerprint density at radius 3 is 2.64 bits per heavy atom. The number of halogens is 1. The lowest BCUT2D eigenvalue weighted by molar-refractivity contribution is -0.107. The fourth-order valence-electron chi connectivity index (χ4n) is 3.24. The zero-order valence-corrected chi connectivity index (χ0v) is 14.9. The number of benzene rings is 1. The lowest BCUT2D eigenvalue weighted by atomic mass is 9.71. The molecule has 2 nitrogen and oxygen atoms in total. The van der Waals surface area contributed by atoms with Crippen LogP contribution in [0.1, 0.15) is 57.7 Å². The van der Waals surface area contributed by atoms with Gasteiger partial charge < -0.3 is 9.53 Å². The fraction of sp³-hybridized carbons (Fsp3) is 0.526. The maximum Gasteiger partial charge on any atom is 0.141 e. The van der Waals surface area contributed by atoms with E-state index in [4.69, 9.17) is 16.3 Å². The third-order valence-corrected chi connectivity index (χ3v) is 4.69. The SMILES string of the molecule is CCOc1c(CC=O)cc2c(c1Cl)C(C)(C)CC=C2C(C)C. The summed E-state index contributed by atoms with van der Waals surface area (Å²) in [5.41, 5.74) is 4.49. The van der Waals surface area contributed by atoms with Gasteiger partial charge in [-0.2, -0.15) is 0 Å². The van der Waals surface area contributed by atoms with E-state index in [2.05, 4.69) is 39.8 Å². The van der Waals surface area contributed by atoms with Crippen molar-refractivity contribution in [1.82, 2.24) is 0 Å². The van der Waals surface area contributed by atoms with Gasteiger partial charge >= 0.3 is 0 Å². The molecule has 1 aromatic rings. The molecule has 0 atom stereocenters. The molecular weight excluding hydrogens is 296 g/mol. The second-order valence-electron chi connectivity index (χ2n) is 6.81. The van der Waals surface area contributed by atoms with Crippen LogP contribution in [0.3, 0.4) is 0 Å². The first-order valence-electron chi connectivity index (χ1n) is 7.96. The molecule has 0 fully saturated rings. The van der Waals surface area contributed by atoms with Crippen molar-refractivity contribution in [2.75, 3.05) is 6.61 Å². The molecule has 3 heteroatoms. The normalized spacial score (nSPS) is 16.2. The topological polar surface area (TPSA) is 26.3 Å². The van der Waals surface area contributed by atoms with Gasteiger partial charge in [0.2, 0.25) is 0 Å². The number of carbonyl (C=O) groups excluding carboxylic acids is 1. The number of aldehydes is 1. The Kier molecular flexibility index (Phi) is 5.01. The molecule has 0 aromatic heterocycles. The number of allylic oxidation sites excluding steroid dienone is 2. The summed E-state index contributed by atoms with van der Waals surface area (Å²) in [7, 11) is 0. The average Bonchev–Trinajstić information content (AvgIpc) is 2.42. The number of rotatable bonds is 5. The molecule has 1 aliphatic carbocycles. The molecule has 0 unspecified atom stereocenters. The fourth-order valence-corrected chi connectivity index (χ4v) is 3.77. The summed E-state index contributed by atoms with van der Waals surface area (Å²) in [6.45, 7) is 11.3. The molecule has 0 saturated heterocycles. The summed E-state index contributed by atoms with van der Waals surface area (Å²) >= 11 is 6.73. The van der Waals surface area contributed by atoms with Gasteiger partial charge in [0.25, 0.3) is 0 Å². The lowest BCUT2D eigenvalue weighted by Gasteiger charge is -2.35. The molecule has 2 rings (SSSR count). The summed E-state index contributed by atoms with van der Waals surface area (Å²) in [5.74, 6) is 1.10. The van der Waals surface area contributed by atoms with Crippen molar-refractivity contribution in [3.63, 3.8) is 0 Å². The van der Waals surface area contributed by atoms with Crippen molar-refractivity contribution in [3.8, 4) is 5.75 Å². The third kappa shape index (κ3) is 2.94. The minimum Gasteiger partial charge on any atom is -0.492 e. The zero-order valence-electron chi connectivity index (χ0n) is 14.1. The Balaban J connectivity index is 2.76. The average molecular weight is 321 g/mol. The van der Waals surface area contributed by atoms with E-state index in [1.165, 1.54) is 11.1 Å². The van der Waals surface area contributed by atoms with E-state index in [0.29, 0.717) is 29.7 Å². The molecule has 0 bridgehead atoms. The molecule has 0 N–H and O–H groups in total. The van der Waals surface area contributed by atoms with Crippen LogP contribution in [0.5, 0.6) is 5.75 Å². The van der Waals surface area contributed by atoms with Crippen molar-refractivity contribution >= 4 is 23.5 Å². The second-order valence-corrected chi connectivity index (χ2v) is 7.19. The molecule has 0 heterocycles. The first-order chi connectivity index (χ1) is 10.3. The van der Waals surface area contributed by atoms with E-state index in [1.807, 2.05) is 6.92 Å².